The van der Waals surface area contributed by atoms with Gasteiger partial charge in [-0.25, -0.2) is 9.78 Å². The zero-order chi connectivity index (χ0) is 29.5. The number of H-pyrrole nitrogens is 1. The van der Waals surface area contributed by atoms with Crippen molar-refractivity contribution in [2.45, 2.75) is 62.7 Å². The molecule has 0 saturated heterocycles. The summed E-state index contributed by atoms with van der Waals surface area (Å²) < 4.78 is 0. The van der Waals surface area contributed by atoms with Gasteiger partial charge in [0.25, 0.3) is 0 Å². The number of carbonyl (C=O) groups excluding carboxylic acids is 4. The number of aliphatic carboxylic acids is 2. The van der Waals surface area contributed by atoms with Crippen molar-refractivity contribution < 1.29 is 39.0 Å². The van der Waals surface area contributed by atoms with Crippen molar-refractivity contribution >= 4 is 41.5 Å². The highest BCUT2D eigenvalue weighted by atomic mass is 16.4. The van der Waals surface area contributed by atoms with E-state index in [4.69, 9.17) is 22.9 Å². The lowest BCUT2D eigenvalue weighted by Crippen LogP contribution is -2.58. The van der Waals surface area contributed by atoms with Crippen LogP contribution in [0.2, 0.25) is 0 Å². The van der Waals surface area contributed by atoms with E-state index >= 15 is 0 Å². The van der Waals surface area contributed by atoms with Crippen molar-refractivity contribution in [2.24, 2.45) is 27.9 Å². The normalized spacial score (nSPS) is 13.7. The summed E-state index contributed by atoms with van der Waals surface area (Å²) in [7, 11) is 0. The lowest BCUT2D eigenvalue weighted by molar-refractivity contribution is -0.143. The maximum absolute atomic E-state index is 13.0. The highest BCUT2D eigenvalue weighted by Gasteiger charge is 2.32. The lowest BCUT2D eigenvalue weighted by Gasteiger charge is -2.24. The van der Waals surface area contributed by atoms with Crippen molar-refractivity contribution in [1.29, 1.82) is 0 Å². The van der Waals surface area contributed by atoms with E-state index in [1.54, 1.807) is 0 Å². The summed E-state index contributed by atoms with van der Waals surface area (Å²) >= 11 is 0. The van der Waals surface area contributed by atoms with E-state index in [1.165, 1.54) is 12.5 Å². The van der Waals surface area contributed by atoms with Crippen molar-refractivity contribution in [3.63, 3.8) is 0 Å². The number of guanidine groups is 1. The van der Waals surface area contributed by atoms with Gasteiger partial charge in [-0.1, -0.05) is 0 Å². The Morgan fingerprint density at radius 2 is 1.54 bits per heavy atom. The van der Waals surface area contributed by atoms with Crippen molar-refractivity contribution in [2.75, 3.05) is 6.54 Å². The molecule has 0 aliphatic rings. The minimum atomic E-state index is -1.62. The molecule has 18 heteroatoms. The molecule has 1 aromatic heterocycles. The third kappa shape index (κ3) is 12.9. The van der Waals surface area contributed by atoms with Crippen LogP contribution in [0.3, 0.4) is 0 Å². The van der Waals surface area contributed by atoms with Crippen LogP contribution in [0.1, 0.15) is 37.8 Å². The number of aliphatic imine (C=N–C) groups is 1. The molecule has 14 N–H and O–H groups in total. The molecule has 1 aromatic rings. The zero-order valence-electron chi connectivity index (χ0n) is 21.0. The first kappa shape index (κ1) is 32.3. The number of amides is 4. The molecular formula is C21H34N10O8. The molecule has 0 spiro atoms. The Kier molecular flexibility index (Phi) is 13.4. The minimum Gasteiger partial charge on any atom is -0.481 e. The molecule has 18 nitrogen and oxygen atoms in total. The molecule has 216 valence electrons. The second kappa shape index (κ2) is 16.2. The number of hydrogen-bond acceptors (Lipinski definition) is 9. The Morgan fingerprint density at radius 3 is 2.08 bits per heavy atom. The Morgan fingerprint density at radius 1 is 0.923 bits per heavy atom. The first-order valence-corrected chi connectivity index (χ1v) is 11.7. The monoisotopic (exact) mass is 554 g/mol. The summed E-state index contributed by atoms with van der Waals surface area (Å²) in [5, 5.41) is 25.4. The summed E-state index contributed by atoms with van der Waals surface area (Å²) in [5.41, 5.74) is 21.7. The van der Waals surface area contributed by atoms with Crippen LogP contribution in [-0.2, 0) is 35.2 Å². The van der Waals surface area contributed by atoms with E-state index in [1.807, 2.05) is 0 Å². The Balaban J connectivity index is 3.00. The maximum Gasteiger partial charge on any atom is 0.326 e. The van der Waals surface area contributed by atoms with E-state index in [0.717, 1.165) is 0 Å². The van der Waals surface area contributed by atoms with Crippen LogP contribution in [0.25, 0.3) is 0 Å². The summed E-state index contributed by atoms with van der Waals surface area (Å²) in [6.45, 7) is 0.198. The summed E-state index contributed by atoms with van der Waals surface area (Å²) in [5.74, 6) is -6.60. The summed E-state index contributed by atoms with van der Waals surface area (Å²) in [4.78, 5) is 82.7. The number of carboxylic acids is 2. The van der Waals surface area contributed by atoms with E-state index < -0.39 is 66.2 Å². The fourth-order valence-electron chi connectivity index (χ4n) is 3.23. The van der Waals surface area contributed by atoms with Crippen LogP contribution < -0.4 is 38.9 Å². The quantitative estimate of drug-likeness (QED) is 0.0467. The molecule has 0 radical (unpaired) electrons. The molecule has 0 fully saturated rings. The van der Waals surface area contributed by atoms with Gasteiger partial charge in [0.05, 0.1) is 18.8 Å². The molecule has 0 bridgehead atoms. The van der Waals surface area contributed by atoms with E-state index in [9.17, 15) is 39.0 Å². The van der Waals surface area contributed by atoms with Crippen LogP contribution in [0.4, 0.5) is 0 Å². The molecule has 0 aromatic carbocycles. The fraction of sp³-hybridized carbons (Fsp3) is 0.524. The number of aromatic nitrogens is 2. The van der Waals surface area contributed by atoms with Crippen molar-refractivity contribution in [1.82, 2.24) is 25.9 Å². The molecule has 0 saturated carbocycles. The molecule has 0 aliphatic heterocycles. The molecular weight excluding hydrogens is 520 g/mol. The van der Waals surface area contributed by atoms with Crippen LogP contribution in [-0.4, -0.2) is 92.4 Å². The van der Waals surface area contributed by atoms with E-state index in [-0.39, 0.29) is 38.2 Å². The number of rotatable bonds is 18. The average Bonchev–Trinajstić information content (AvgIpc) is 3.35. The first-order chi connectivity index (χ1) is 18.3. The van der Waals surface area contributed by atoms with Gasteiger partial charge >= 0.3 is 11.9 Å². The smallest absolute Gasteiger partial charge is 0.326 e. The summed E-state index contributed by atoms with van der Waals surface area (Å²) in [6.07, 6.45) is 1.44. The van der Waals surface area contributed by atoms with Crippen LogP contribution >= 0.6 is 0 Å². The molecule has 39 heavy (non-hydrogen) atoms. The third-order valence-electron chi connectivity index (χ3n) is 5.22. The van der Waals surface area contributed by atoms with Crippen molar-refractivity contribution in [3.05, 3.63) is 18.2 Å². The fourth-order valence-corrected chi connectivity index (χ4v) is 3.23. The Bertz CT molecular complexity index is 1040. The largest absolute Gasteiger partial charge is 0.481 e. The number of hydrogen-bond donors (Lipinski definition) is 10. The van der Waals surface area contributed by atoms with Gasteiger partial charge < -0.3 is 54.1 Å². The molecule has 1 rings (SSSR count). The average molecular weight is 555 g/mol. The minimum absolute atomic E-state index is 0.122. The zero-order valence-corrected chi connectivity index (χ0v) is 21.0. The number of nitrogens with two attached hydrogens (primary N) is 4. The van der Waals surface area contributed by atoms with Gasteiger partial charge in [-0.05, 0) is 19.3 Å². The predicted molar refractivity (Wildman–Crippen MR) is 134 cm³/mol. The van der Waals surface area contributed by atoms with Gasteiger partial charge in [0.15, 0.2) is 5.96 Å². The van der Waals surface area contributed by atoms with Gasteiger partial charge in [0, 0.05) is 31.3 Å². The third-order valence-corrected chi connectivity index (χ3v) is 5.22. The SMILES string of the molecule is NC(=O)CCC(NC(=O)C(Cc1cnc[nH]1)NC(=O)C(CC(=O)O)NC(=O)C(N)CCCN=C(N)N)C(=O)O. The van der Waals surface area contributed by atoms with Gasteiger partial charge in [-0.3, -0.25) is 29.0 Å². The topological polar surface area (TPSA) is 324 Å². The van der Waals surface area contributed by atoms with Gasteiger partial charge in [-0.2, -0.15) is 0 Å². The standard InChI is InChI=1S/C21H34N10O8/c22-11(2-1-5-27-21(24)25)17(35)30-14(7-16(33)34)19(37)31-13(6-10-8-26-9-28-10)18(36)29-12(20(38)39)3-4-15(23)32/h8-9,11-14H,1-7,22H2,(H2,23,32)(H,26,28)(H,29,36)(H,30,35)(H,31,37)(H,33,34)(H,38,39)(H4,24,25,27). The number of primary amides is 1. The molecule has 4 amide bonds. The number of imidazole rings is 1. The van der Waals surface area contributed by atoms with Crippen LogP contribution in [0.5, 0.6) is 0 Å². The number of carbonyl (C=O) groups is 6. The highest BCUT2D eigenvalue weighted by molar-refractivity contribution is 5.95. The predicted octanol–water partition coefficient (Wildman–Crippen LogP) is -4.39. The number of aromatic amines is 1. The Labute approximate surface area is 222 Å². The maximum atomic E-state index is 13.0. The van der Waals surface area contributed by atoms with Gasteiger partial charge in [0.1, 0.15) is 18.1 Å². The van der Waals surface area contributed by atoms with Crippen LogP contribution in [0.15, 0.2) is 17.5 Å². The van der Waals surface area contributed by atoms with Gasteiger partial charge in [-0.15, -0.1) is 0 Å². The number of nitrogens with one attached hydrogen (secondary N) is 4. The van der Waals surface area contributed by atoms with E-state index in [2.05, 4.69) is 30.9 Å². The Hall–Kier alpha value is -4.74. The molecule has 4 unspecified atom stereocenters. The van der Waals surface area contributed by atoms with Crippen molar-refractivity contribution in [3.8, 4) is 0 Å². The second-order valence-electron chi connectivity index (χ2n) is 8.46. The molecule has 0 aliphatic carbocycles. The van der Waals surface area contributed by atoms with E-state index in [0.29, 0.717) is 12.1 Å². The first-order valence-electron chi connectivity index (χ1n) is 11.7. The van der Waals surface area contributed by atoms with Crippen LogP contribution in [0, 0.1) is 0 Å². The second-order valence-corrected chi connectivity index (χ2v) is 8.46. The lowest BCUT2D eigenvalue weighted by atomic mass is 10.1. The highest BCUT2D eigenvalue weighted by Crippen LogP contribution is 2.05. The molecule has 1 heterocycles. The number of nitrogens with zero attached hydrogens (tertiary/aromatic N) is 2. The number of carboxylic acid groups (broad SMARTS) is 2. The van der Waals surface area contributed by atoms with Gasteiger partial charge in [0.2, 0.25) is 23.6 Å². The molecule has 4 atom stereocenters. The summed E-state index contributed by atoms with van der Waals surface area (Å²) in [6, 6.07) is -5.66.